The van der Waals surface area contributed by atoms with E-state index in [9.17, 15) is 0 Å². The number of hydrogen-bond donors (Lipinski definition) is 1. The highest BCUT2D eigenvalue weighted by atomic mass is 32.2. The second-order valence-electron chi connectivity index (χ2n) is 5.49. The van der Waals surface area contributed by atoms with Crippen molar-refractivity contribution in [1.82, 2.24) is 29.5 Å². The van der Waals surface area contributed by atoms with E-state index in [2.05, 4.69) is 36.4 Å². The second kappa shape index (κ2) is 6.60. The Bertz CT molecular complexity index is 1060. The van der Waals surface area contributed by atoms with Gasteiger partial charge in [-0.05, 0) is 18.2 Å². The lowest BCUT2D eigenvalue weighted by Gasteiger charge is -2.05. The first-order valence-corrected chi connectivity index (χ1v) is 9.45. The fourth-order valence-electron chi connectivity index (χ4n) is 2.50. The molecule has 0 aliphatic heterocycles. The molecule has 4 heterocycles. The summed E-state index contributed by atoms with van der Waals surface area (Å²) in [6, 6.07) is 0. The molecule has 0 spiro atoms. The molecule has 7 nitrogen and oxygen atoms in total. The number of rotatable bonds is 5. The Morgan fingerprint density at radius 1 is 1.28 bits per heavy atom. The number of imidazole rings is 1. The third-order valence-corrected chi connectivity index (χ3v) is 5.92. The fraction of sp³-hybridized carbons (Fsp3) is 0.267. The summed E-state index contributed by atoms with van der Waals surface area (Å²) in [5.74, 6) is 0.389. The highest BCUT2D eigenvalue weighted by molar-refractivity contribution is 8.01. The Labute approximate surface area is 153 Å². The van der Waals surface area contributed by atoms with Crippen LogP contribution in [0.1, 0.15) is 19.8 Å². The minimum Gasteiger partial charge on any atom is -0.382 e. The van der Waals surface area contributed by atoms with Crippen LogP contribution in [-0.4, -0.2) is 37.3 Å². The molecular formula is C15H14BN7S2. The molecule has 10 heteroatoms. The van der Waals surface area contributed by atoms with Crippen LogP contribution < -0.4 is 11.2 Å². The Morgan fingerprint density at radius 3 is 2.96 bits per heavy atom. The van der Waals surface area contributed by atoms with E-state index in [1.165, 1.54) is 29.4 Å². The molecular weight excluding hydrogens is 353 g/mol. The number of aryl methyl sites for hydroxylation is 1. The van der Waals surface area contributed by atoms with Crippen molar-refractivity contribution in [3.8, 4) is 0 Å². The van der Waals surface area contributed by atoms with E-state index in [1.54, 1.807) is 12.4 Å². The molecule has 0 atom stereocenters. The van der Waals surface area contributed by atoms with Crippen LogP contribution in [0.3, 0.4) is 0 Å². The van der Waals surface area contributed by atoms with Crippen LogP contribution in [0.5, 0.6) is 0 Å². The van der Waals surface area contributed by atoms with Gasteiger partial charge in [-0.3, -0.25) is 4.98 Å². The zero-order valence-electron chi connectivity index (χ0n) is 13.5. The van der Waals surface area contributed by atoms with Gasteiger partial charge in [-0.2, -0.15) is 0 Å². The van der Waals surface area contributed by atoms with Crippen molar-refractivity contribution >= 4 is 63.6 Å². The van der Waals surface area contributed by atoms with Crippen molar-refractivity contribution < 1.29 is 0 Å². The number of nitrogen functional groups attached to an aromatic ring is 1. The van der Waals surface area contributed by atoms with Gasteiger partial charge < -0.3 is 10.3 Å². The van der Waals surface area contributed by atoms with Crippen LogP contribution in [0.2, 0.25) is 0 Å². The third-order valence-electron chi connectivity index (χ3n) is 3.75. The van der Waals surface area contributed by atoms with Crippen LogP contribution in [-0.2, 0) is 6.54 Å². The monoisotopic (exact) mass is 367 g/mol. The number of anilines is 1. The highest BCUT2D eigenvalue weighted by Gasteiger charge is 2.17. The van der Waals surface area contributed by atoms with Crippen LogP contribution in [0.4, 0.5) is 5.82 Å². The van der Waals surface area contributed by atoms with Crippen molar-refractivity contribution in [3.63, 3.8) is 0 Å². The fourth-order valence-corrected chi connectivity index (χ4v) is 4.56. The molecule has 0 bridgehead atoms. The van der Waals surface area contributed by atoms with Gasteiger partial charge in [0, 0.05) is 12.7 Å². The summed E-state index contributed by atoms with van der Waals surface area (Å²) < 4.78 is 3.87. The first kappa shape index (κ1) is 16.3. The Morgan fingerprint density at radius 2 is 2.16 bits per heavy atom. The van der Waals surface area contributed by atoms with E-state index in [-0.39, 0.29) is 0 Å². The Balaban J connectivity index is 1.79. The van der Waals surface area contributed by atoms with Crippen molar-refractivity contribution in [3.05, 3.63) is 18.7 Å². The number of fused-ring (bicyclic) bond motifs is 2. The average molecular weight is 367 g/mol. The van der Waals surface area contributed by atoms with Gasteiger partial charge in [-0.1, -0.05) is 18.8 Å². The molecule has 124 valence electrons. The highest BCUT2D eigenvalue weighted by Crippen LogP contribution is 2.35. The molecule has 2 radical (unpaired) electrons. The quantitative estimate of drug-likeness (QED) is 0.540. The molecule has 4 aromatic rings. The molecule has 25 heavy (non-hydrogen) atoms. The second-order valence-corrected chi connectivity index (χ2v) is 7.70. The van der Waals surface area contributed by atoms with Crippen LogP contribution >= 0.6 is 23.1 Å². The smallest absolute Gasteiger partial charge is 0.177 e. The largest absolute Gasteiger partial charge is 0.382 e. The predicted molar refractivity (Wildman–Crippen MR) is 102 cm³/mol. The van der Waals surface area contributed by atoms with Gasteiger partial charge in [0.2, 0.25) is 0 Å². The maximum absolute atomic E-state index is 5.98. The molecule has 0 aliphatic carbocycles. The molecule has 4 rings (SSSR count). The zero-order chi connectivity index (χ0) is 17.4. The van der Waals surface area contributed by atoms with Crippen LogP contribution in [0.25, 0.3) is 21.4 Å². The standard InChI is InChI=1S/C15H14BN7S2/c1-2-3-4-23-13-10(12(17)19-7-20-13)22-14(23)25-15-21-9-6-18-5-8(16)11(9)24-15/h5-7H,2-4H2,1H3,(H2,17,19,20). The molecule has 0 aromatic carbocycles. The van der Waals surface area contributed by atoms with Gasteiger partial charge in [-0.15, -0.1) is 11.3 Å². The third kappa shape index (κ3) is 2.95. The molecule has 0 amide bonds. The van der Waals surface area contributed by atoms with Gasteiger partial charge in [0.1, 0.15) is 19.7 Å². The van der Waals surface area contributed by atoms with E-state index in [0.29, 0.717) is 16.8 Å². The van der Waals surface area contributed by atoms with Crippen molar-refractivity contribution in [2.75, 3.05) is 5.73 Å². The first-order chi connectivity index (χ1) is 12.2. The summed E-state index contributed by atoms with van der Waals surface area (Å²) in [4.78, 5) is 21.7. The molecule has 0 saturated heterocycles. The van der Waals surface area contributed by atoms with Gasteiger partial charge >= 0.3 is 0 Å². The molecule has 0 unspecified atom stereocenters. The lowest BCUT2D eigenvalue weighted by atomic mass is 9.99. The van der Waals surface area contributed by atoms with E-state index < -0.39 is 0 Å². The van der Waals surface area contributed by atoms with E-state index in [1.807, 2.05) is 0 Å². The van der Waals surface area contributed by atoms with Crippen LogP contribution in [0, 0.1) is 0 Å². The minimum absolute atomic E-state index is 0.389. The van der Waals surface area contributed by atoms with Crippen LogP contribution in [0.15, 0.2) is 28.2 Å². The molecule has 0 saturated carbocycles. The predicted octanol–water partition coefficient (Wildman–Crippen LogP) is 2.16. The van der Waals surface area contributed by atoms with Crippen molar-refractivity contribution in [2.45, 2.75) is 35.8 Å². The number of pyridine rings is 1. The van der Waals surface area contributed by atoms with Gasteiger partial charge in [0.05, 0.1) is 10.9 Å². The summed E-state index contributed by atoms with van der Waals surface area (Å²) in [5.41, 5.74) is 8.78. The van der Waals surface area contributed by atoms with E-state index in [4.69, 9.17) is 13.6 Å². The normalized spacial score (nSPS) is 11.6. The maximum Gasteiger partial charge on any atom is 0.177 e. The summed E-state index contributed by atoms with van der Waals surface area (Å²) in [6.07, 6.45) is 6.94. The molecule has 4 aromatic heterocycles. The maximum atomic E-state index is 5.98. The van der Waals surface area contributed by atoms with Crippen molar-refractivity contribution in [1.29, 1.82) is 0 Å². The summed E-state index contributed by atoms with van der Waals surface area (Å²) in [6.45, 7) is 2.97. The lowest BCUT2D eigenvalue weighted by Crippen LogP contribution is -2.01. The average Bonchev–Trinajstić information content (AvgIpc) is 3.16. The molecule has 0 aliphatic rings. The molecule has 2 N–H and O–H groups in total. The number of nitrogens with zero attached hydrogens (tertiary/aromatic N) is 6. The first-order valence-electron chi connectivity index (χ1n) is 7.82. The van der Waals surface area contributed by atoms with Crippen molar-refractivity contribution in [2.24, 2.45) is 0 Å². The SMILES string of the molecule is [B]c1cncc2nc(Sc3nc4c(N)ncnc4n3CCCC)sc12. The summed E-state index contributed by atoms with van der Waals surface area (Å²) >= 11 is 3.02. The summed E-state index contributed by atoms with van der Waals surface area (Å²) in [5, 5.41) is 0.807. The lowest BCUT2D eigenvalue weighted by molar-refractivity contribution is 0.598. The van der Waals surface area contributed by atoms with Gasteiger partial charge in [-0.25, -0.2) is 19.9 Å². The summed E-state index contributed by atoms with van der Waals surface area (Å²) in [7, 11) is 5.98. The number of nitrogens with two attached hydrogens (primary N) is 1. The van der Waals surface area contributed by atoms with Gasteiger partial charge in [0.15, 0.2) is 26.5 Å². The van der Waals surface area contributed by atoms with E-state index in [0.717, 1.165) is 44.7 Å². The Kier molecular flexibility index (Phi) is 4.30. The topological polar surface area (TPSA) is 95.4 Å². The zero-order valence-corrected chi connectivity index (χ0v) is 15.1. The van der Waals surface area contributed by atoms with E-state index >= 15 is 0 Å². The minimum atomic E-state index is 0.389. The Hall–Kier alpha value is -2.20. The number of hydrogen-bond acceptors (Lipinski definition) is 8. The molecule has 0 fully saturated rings. The number of unbranched alkanes of at least 4 members (excludes halogenated alkanes) is 1. The van der Waals surface area contributed by atoms with Gasteiger partial charge in [0.25, 0.3) is 0 Å². The number of aromatic nitrogens is 6. The number of thiazole rings is 1.